The molecule has 0 aromatic carbocycles. The third kappa shape index (κ3) is 5.14. The summed E-state index contributed by atoms with van der Waals surface area (Å²) in [5.74, 6) is 0.760. The van der Waals surface area contributed by atoms with Crippen LogP contribution in [0.5, 0.6) is 5.75 Å². The van der Waals surface area contributed by atoms with Crippen LogP contribution in [-0.2, 0) is 16.4 Å². The largest absolute Gasteiger partial charge is 0.492 e. The normalized spacial score (nSPS) is 11.5. The van der Waals surface area contributed by atoms with Crippen LogP contribution < -0.4 is 10.5 Å². The van der Waals surface area contributed by atoms with Gasteiger partial charge in [-0.25, -0.2) is 8.42 Å². The summed E-state index contributed by atoms with van der Waals surface area (Å²) in [6.07, 6.45) is 1.68. The van der Waals surface area contributed by atoms with E-state index in [0.717, 1.165) is 5.69 Å². The Kier molecular flexibility index (Phi) is 4.89. The summed E-state index contributed by atoms with van der Waals surface area (Å²) in [5, 5.41) is 0. The topological polar surface area (TPSA) is 82.3 Å². The summed E-state index contributed by atoms with van der Waals surface area (Å²) in [4.78, 5) is 4.25. The molecule has 0 aliphatic carbocycles. The van der Waals surface area contributed by atoms with Crippen LogP contribution in [0, 0.1) is 6.92 Å². The van der Waals surface area contributed by atoms with Gasteiger partial charge in [0.1, 0.15) is 15.6 Å². The molecule has 0 amide bonds. The number of aryl methyl sites for hydroxylation is 1. The predicted molar refractivity (Wildman–Crippen MR) is 66.7 cm³/mol. The number of ether oxygens (including phenoxy) is 1. The fourth-order valence-electron chi connectivity index (χ4n) is 1.38. The molecule has 0 spiro atoms. The van der Waals surface area contributed by atoms with Crippen LogP contribution in [0.3, 0.4) is 0 Å². The Bertz CT molecular complexity index is 472. The maximum absolute atomic E-state index is 10.9. The molecule has 0 saturated heterocycles. The third-order valence-electron chi connectivity index (χ3n) is 2.18. The van der Waals surface area contributed by atoms with Crippen molar-refractivity contribution in [1.82, 2.24) is 4.98 Å². The van der Waals surface area contributed by atoms with Gasteiger partial charge < -0.3 is 10.5 Å². The summed E-state index contributed by atoms with van der Waals surface area (Å²) >= 11 is 0. The van der Waals surface area contributed by atoms with Crippen LogP contribution in [0.25, 0.3) is 0 Å². The molecule has 0 bridgehead atoms. The monoisotopic (exact) mass is 258 g/mol. The molecule has 1 heterocycles. The second-order valence-electron chi connectivity index (χ2n) is 3.93. The van der Waals surface area contributed by atoms with Crippen molar-refractivity contribution in [3.63, 3.8) is 0 Å². The summed E-state index contributed by atoms with van der Waals surface area (Å²) in [7, 11) is -2.92. The van der Waals surface area contributed by atoms with Gasteiger partial charge in [-0.3, -0.25) is 4.98 Å². The second kappa shape index (κ2) is 5.97. The Morgan fingerprint density at radius 2 is 2.12 bits per heavy atom. The van der Waals surface area contributed by atoms with E-state index < -0.39 is 9.84 Å². The fraction of sp³-hybridized carbons (Fsp3) is 0.545. The van der Waals surface area contributed by atoms with Crippen molar-refractivity contribution in [3.05, 3.63) is 23.5 Å². The SMILES string of the molecule is Cc1ccc(OCCCS(C)(=O)=O)c(CN)n1. The number of sulfone groups is 1. The zero-order valence-electron chi connectivity index (χ0n) is 10.1. The van der Waals surface area contributed by atoms with Crippen LogP contribution in [-0.4, -0.2) is 32.0 Å². The van der Waals surface area contributed by atoms with Gasteiger partial charge in [-0.1, -0.05) is 0 Å². The molecule has 17 heavy (non-hydrogen) atoms. The van der Waals surface area contributed by atoms with Crippen molar-refractivity contribution in [3.8, 4) is 5.75 Å². The first-order chi connectivity index (χ1) is 7.92. The molecule has 2 N–H and O–H groups in total. The van der Waals surface area contributed by atoms with E-state index in [9.17, 15) is 8.42 Å². The first-order valence-corrected chi connectivity index (χ1v) is 7.45. The minimum Gasteiger partial charge on any atom is -0.492 e. The summed E-state index contributed by atoms with van der Waals surface area (Å²) in [5.41, 5.74) is 7.14. The van der Waals surface area contributed by atoms with Gasteiger partial charge >= 0.3 is 0 Å². The molecule has 0 fully saturated rings. The van der Waals surface area contributed by atoms with E-state index in [2.05, 4.69) is 4.98 Å². The van der Waals surface area contributed by atoms with Crippen molar-refractivity contribution in [1.29, 1.82) is 0 Å². The Morgan fingerprint density at radius 3 is 2.71 bits per heavy atom. The standard InChI is InChI=1S/C11H18N2O3S/c1-9-4-5-11(10(8-12)13-9)16-6-3-7-17(2,14)15/h4-5H,3,6-8,12H2,1-2H3. The highest BCUT2D eigenvalue weighted by Gasteiger charge is 2.05. The molecule has 0 atom stereocenters. The molecular weight excluding hydrogens is 240 g/mol. The van der Waals surface area contributed by atoms with Crippen molar-refractivity contribution in [2.75, 3.05) is 18.6 Å². The molecule has 0 unspecified atom stereocenters. The molecule has 0 aliphatic rings. The second-order valence-corrected chi connectivity index (χ2v) is 6.19. The third-order valence-corrected chi connectivity index (χ3v) is 3.21. The lowest BCUT2D eigenvalue weighted by atomic mass is 10.3. The molecule has 0 radical (unpaired) electrons. The number of hydrogen-bond acceptors (Lipinski definition) is 5. The predicted octanol–water partition coefficient (Wildman–Crippen LogP) is 0.662. The zero-order valence-corrected chi connectivity index (χ0v) is 11.0. The first kappa shape index (κ1) is 13.9. The lowest BCUT2D eigenvalue weighted by molar-refractivity contribution is 0.312. The molecule has 6 heteroatoms. The summed E-state index contributed by atoms with van der Waals surface area (Å²) in [6, 6.07) is 3.65. The lowest BCUT2D eigenvalue weighted by Crippen LogP contribution is -2.10. The number of nitrogens with two attached hydrogens (primary N) is 1. The minimum atomic E-state index is -2.92. The molecule has 96 valence electrons. The molecule has 0 aliphatic heterocycles. The van der Waals surface area contributed by atoms with Crippen molar-refractivity contribution < 1.29 is 13.2 Å². The van der Waals surface area contributed by atoms with Crippen molar-refractivity contribution in [2.24, 2.45) is 5.73 Å². The highest BCUT2D eigenvalue weighted by Crippen LogP contribution is 2.16. The summed E-state index contributed by atoms with van der Waals surface area (Å²) in [6.45, 7) is 2.54. The van der Waals surface area contributed by atoms with Gasteiger partial charge in [-0.05, 0) is 25.5 Å². The number of hydrogen-bond donors (Lipinski definition) is 1. The van der Waals surface area contributed by atoms with Crippen LogP contribution in [0.15, 0.2) is 12.1 Å². The Hall–Kier alpha value is -1.14. The van der Waals surface area contributed by atoms with Gasteiger partial charge in [0.2, 0.25) is 0 Å². The molecule has 0 saturated carbocycles. The lowest BCUT2D eigenvalue weighted by Gasteiger charge is -2.09. The van der Waals surface area contributed by atoms with E-state index >= 15 is 0 Å². The minimum absolute atomic E-state index is 0.129. The highest BCUT2D eigenvalue weighted by atomic mass is 32.2. The van der Waals surface area contributed by atoms with Gasteiger partial charge in [-0.2, -0.15) is 0 Å². The summed E-state index contributed by atoms with van der Waals surface area (Å²) < 4.78 is 27.3. The Labute approximate surface area is 102 Å². The Balaban J connectivity index is 2.52. The molecular formula is C11H18N2O3S. The van der Waals surface area contributed by atoms with E-state index in [1.165, 1.54) is 6.26 Å². The number of rotatable bonds is 6. The van der Waals surface area contributed by atoms with Crippen LogP contribution in [0.1, 0.15) is 17.8 Å². The van der Waals surface area contributed by atoms with E-state index in [4.69, 9.17) is 10.5 Å². The van der Waals surface area contributed by atoms with Gasteiger partial charge in [-0.15, -0.1) is 0 Å². The van der Waals surface area contributed by atoms with Gasteiger partial charge in [0.25, 0.3) is 0 Å². The fourth-order valence-corrected chi connectivity index (χ4v) is 2.02. The highest BCUT2D eigenvalue weighted by molar-refractivity contribution is 7.90. The maximum atomic E-state index is 10.9. The molecule has 1 aromatic rings. The Morgan fingerprint density at radius 1 is 1.41 bits per heavy atom. The van der Waals surface area contributed by atoms with Gasteiger partial charge in [0.15, 0.2) is 0 Å². The van der Waals surface area contributed by atoms with Crippen molar-refractivity contribution >= 4 is 9.84 Å². The van der Waals surface area contributed by atoms with E-state index in [1.54, 1.807) is 0 Å². The first-order valence-electron chi connectivity index (χ1n) is 5.39. The van der Waals surface area contributed by atoms with Crippen LogP contribution in [0.4, 0.5) is 0 Å². The molecule has 5 nitrogen and oxygen atoms in total. The number of aromatic nitrogens is 1. The van der Waals surface area contributed by atoms with Gasteiger partial charge in [0.05, 0.1) is 18.1 Å². The average Bonchev–Trinajstić information content (AvgIpc) is 2.24. The average molecular weight is 258 g/mol. The molecule has 1 aromatic heterocycles. The van der Waals surface area contributed by atoms with E-state index in [1.807, 2.05) is 19.1 Å². The van der Waals surface area contributed by atoms with Crippen molar-refractivity contribution in [2.45, 2.75) is 19.9 Å². The number of nitrogens with zero attached hydrogens (tertiary/aromatic N) is 1. The van der Waals surface area contributed by atoms with Crippen LogP contribution in [0.2, 0.25) is 0 Å². The zero-order chi connectivity index (χ0) is 12.9. The van der Waals surface area contributed by atoms with Gasteiger partial charge in [0, 0.05) is 18.5 Å². The van der Waals surface area contributed by atoms with E-state index in [-0.39, 0.29) is 5.75 Å². The number of pyridine rings is 1. The molecule has 1 rings (SSSR count). The van der Waals surface area contributed by atoms with E-state index in [0.29, 0.717) is 31.0 Å². The quantitative estimate of drug-likeness (QED) is 0.758. The maximum Gasteiger partial charge on any atom is 0.147 e. The van der Waals surface area contributed by atoms with Crippen LogP contribution >= 0.6 is 0 Å². The smallest absolute Gasteiger partial charge is 0.147 e.